The Morgan fingerprint density at radius 1 is 1.22 bits per heavy atom. The van der Waals surface area contributed by atoms with Crippen LogP contribution in [0.25, 0.3) is 21.9 Å². The van der Waals surface area contributed by atoms with E-state index in [2.05, 4.69) is 15.0 Å². The molecule has 32 heavy (non-hydrogen) atoms. The maximum Gasteiger partial charge on any atom is 0.164 e. The highest BCUT2D eigenvalue weighted by Crippen LogP contribution is 2.48. The molecule has 5 atom stereocenters. The summed E-state index contributed by atoms with van der Waals surface area (Å²) in [6.45, 7) is 1.90. The first-order chi connectivity index (χ1) is 15.4. The molecule has 6 rings (SSSR count). The zero-order valence-electron chi connectivity index (χ0n) is 17.4. The molecule has 9 heteroatoms. The van der Waals surface area contributed by atoms with E-state index in [1.54, 1.807) is 16.8 Å². The van der Waals surface area contributed by atoms with Gasteiger partial charge in [-0.25, -0.2) is 15.0 Å². The Balaban J connectivity index is 1.30. The molecule has 4 aromatic rings. The lowest BCUT2D eigenvalue weighted by atomic mass is 9.94. The second-order valence-corrected chi connectivity index (χ2v) is 8.59. The minimum absolute atomic E-state index is 0.367. The van der Waals surface area contributed by atoms with Gasteiger partial charge in [-0.05, 0) is 50.1 Å². The Hall–Kier alpha value is -3.27. The van der Waals surface area contributed by atoms with Crippen molar-refractivity contribution in [2.75, 3.05) is 5.73 Å². The second-order valence-electron chi connectivity index (χ2n) is 8.59. The van der Waals surface area contributed by atoms with Crippen molar-refractivity contribution < 1.29 is 19.7 Å². The second kappa shape index (κ2) is 6.86. The Kier molecular flexibility index (Phi) is 4.16. The van der Waals surface area contributed by atoms with Crippen LogP contribution < -0.4 is 10.5 Å². The molecule has 0 bridgehead atoms. The summed E-state index contributed by atoms with van der Waals surface area (Å²) < 4.78 is 14.2. The third-order valence-corrected chi connectivity index (χ3v) is 6.68. The smallest absolute Gasteiger partial charge is 0.164 e. The Morgan fingerprint density at radius 3 is 2.94 bits per heavy atom. The van der Waals surface area contributed by atoms with E-state index in [4.69, 9.17) is 15.2 Å². The topological polar surface area (TPSA) is 129 Å². The van der Waals surface area contributed by atoms with Gasteiger partial charge in [-0.2, -0.15) is 0 Å². The van der Waals surface area contributed by atoms with Crippen LogP contribution in [0.5, 0.6) is 5.75 Å². The predicted octanol–water partition coefficient (Wildman–Crippen LogP) is 2.10. The summed E-state index contributed by atoms with van der Waals surface area (Å²) >= 11 is 0. The Morgan fingerprint density at radius 2 is 2.06 bits per heavy atom. The summed E-state index contributed by atoms with van der Waals surface area (Å²) in [5.74, 6) is 1.05. The van der Waals surface area contributed by atoms with Crippen molar-refractivity contribution in [3.05, 3.63) is 54.6 Å². The molecule has 2 aliphatic rings. The quantitative estimate of drug-likeness (QED) is 0.448. The number of nitrogens with zero attached hydrogens (tertiary/aromatic N) is 4. The highest BCUT2D eigenvalue weighted by Gasteiger charge is 2.62. The maximum absolute atomic E-state index is 11.3. The van der Waals surface area contributed by atoms with Crippen molar-refractivity contribution in [1.29, 1.82) is 0 Å². The first-order valence-electron chi connectivity index (χ1n) is 10.6. The van der Waals surface area contributed by atoms with Gasteiger partial charge in [-0.3, -0.25) is 0 Å². The summed E-state index contributed by atoms with van der Waals surface area (Å²) in [5.41, 5.74) is 6.62. The molecule has 164 valence electrons. The summed E-state index contributed by atoms with van der Waals surface area (Å²) in [7, 11) is 0. The van der Waals surface area contributed by atoms with Crippen LogP contribution in [-0.2, 0) is 4.74 Å². The SMILES string of the molecule is Cc1ncnc2c1ccn2[C@@H]1O[C@@H]2[C@@H](Oc3ccc4ccc(N)nc4c3)CC[C@]2(O)C1O. The van der Waals surface area contributed by atoms with Crippen molar-refractivity contribution in [3.63, 3.8) is 0 Å². The van der Waals surface area contributed by atoms with E-state index in [-0.39, 0.29) is 0 Å². The molecule has 1 aromatic carbocycles. The molecule has 4 heterocycles. The number of ether oxygens (including phenoxy) is 2. The predicted molar refractivity (Wildman–Crippen MR) is 117 cm³/mol. The standard InChI is InChI=1S/C23H23N5O4/c1-12-15-7-9-28(21(15)26-11-25-12)22-19(29)23(30)8-6-17(20(23)32-22)31-14-4-2-13-3-5-18(24)27-16(13)10-14/h2-5,7,9-11,17,19-20,22,29-30H,6,8H2,1H3,(H2,24,27)/t17-,19?,20+,22+,23-/m0/s1. The normalized spacial score (nSPS) is 29.6. The van der Waals surface area contributed by atoms with Gasteiger partial charge in [0, 0.05) is 23.0 Å². The molecule has 2 fully saturated rings. The van der Waals surface area contributed by atoms with Crippen molar-refractivity contribution in [2.24, 2.45) is 0 Å². The molecule has 1 aliphatic carbocycles. The molecule has 0 amide bonds. The van der Waals surface area contributed by atoms with Gasteiger partial charge in [-0.1, -0.05) is 0 Å². The highest BCUT2D eigenvalue weighted by molar-refractivity contribution is 5.81. The number of benzene rings is 1. The lowest BCUT2D eigenvalue weighted by Gasteiger charge is -2.26. The summed E-state index contributed by atoms with van der Waals surface area (Å²) in [4.78, 5) is 12.9. The monoisotopic (exact) mass is 433 g/mol. The van der Waals surface area contributed by atoms with Gasteiger partial charge in [-0.15, -0.1) is 0 Å². The molecular weight excluding hydrogens is 410 g/mol. The molecule has 0 radical (unpaired) electrons. The number of fused-ring (bicyclic) bond motifs is 3. The number of aliphatic hydroxyl groups is 2. The number of hydrogen-bond acceptors (Lipinski definition) is 8. The highest BCUT2D eigenvalue weighted by atomic mass is 16.6. The number of hydrogen-bond donors (Lipinski definition) is 3. The molecule has 1 aliphatic heterocycles. The van der Waals surface area contributed by atoms with Crippen LogP contribution >= 0.6 is 0 Å². The number of pyridine rings is 1. The number of nitrogens with two attached hydrogens (primary N) is 1. The number of aromatic nitrogens is 4. The van der Waals surface area contributed by atoms with Gasteiger partial charge in [0.05, 0.1) is 11.2 Å². The number of aliphatic hydroxyl groups excluding tert-OH is 1. The minimum Gasteiger partial charge on any atom is -0.488 e. The van der Waals surface area contributed by atoms with E-state index in [0.717, 1.165) is 22.0 Å². The Labute approximate surface area is 183 Å². The van der Waals surface area contributed by atoms with Crippen LogP contribution in [0.2, 0.25) is 0 Å². The average molecular weight is 433 g/mol. The molecule has 0 spiro atoms. The van der Waals surface area contributed by atoms with Crippen molar-refractivity contribution >= 4 is 27.8 Å². The van der Waals surface area contributed by atoms with Crippen molar-refractivity contribution in [1.82, 2.24) is 19.5 Å². The zero-order valence-corrected chi connectivity index (χ0v) is 17.4. The molecule has 1 saturated carbocycles. The lowest BCUT2D eigenvalue weighted by Crippen LogP contribution is -2.47. The van der Waals surface area contributed by atoms with Gasteiger partial charge in [0.25, 0.3) is 0 Å². The fourth-order valence-electron chi connectivity index (χ4n) is 4.98. The van der Waals surface area contributed by atoms with E-state index in [1.807, 2.05) is 37.3 Å². The fourth-order valence-corrected chi connectivity index (χ4v) is 4.98. The first kappa shape index (κ1) is 19.4. The van der Waals surface area contributed by atoms with Gasteiger partial charge in [0.1, 0.15) is 47.5 Å². The molecule has 9 nitrogen and oxygen atoms in total. The van der Waals surface area contributed by atoms with E-state index in [0.29, 0.717) is 30.1 Å². The average Bonchev–Trinajstić information content (AvgIpc) is 3.41. The number of nitrogen functional groups attached to an aromatic ring is 1. The van der Waals surface area contributed by atoms with Gasteiger partial charge >= 0.3 is 0 Å². The number of anilines is 1. The molecule has 1 saturated heterocycles. The molecular formula is C23H23N5O4. The van der Waals surface area contributed by atoms with E-state index in [1.165, 1.54) is 6.33 Å². The Bertz CT molecular complexity index is 1340. The van der Waals surface area contributed by atoms with Crippen LogP contribution in [0, 0.1) is 6.92 Å². The summed E-state index contributed by atoms with van der Waals surface area (Å²) in [6, 6.07) is 11.2. The van der Waals surface area contributed by atoms with E-state index < -0.39 is 30.1 Å². The van der Waals surface area contributed by atoms with Crippen LogP contribution in [0.1, 0.15) is 24.8 Å². The third-order valence-electron chi connectivity index (χ3n) is 6.68. The largest absolute Gasteiger partial charge is 0.488 e. The number of rotatable bonds is 3. The van der Waals surface area contributed by atoms with Crippen LogP contribution in [0.3, 0.4) is 0 Å². The van der Waals surface area contributed by atoms with E-state index >= 15 is 0 Å². The van der Waals surface area contributed by atoms with Gasteiger partial charge in [0.2, 0.25) is 0 Å². The summed E-state index contributed by atoms with van der Waals surface area (Å²) in [5, 5.41) is 24.2. The number of aryl methyl sites for hydroxylation is 1. The fraction of sp³-hybridized carbons (Fsp3) is 0.348. The van der Waals surface area contributed by atoms with E-state index in [9.17, 15) is 10.2 Å². The van der Waals surface area contributed by atoms with Crippen molar-refractivity contribution in [2.45, 2.75) is 49.9 Å². The summed E-state index contributed by atoms with van der Waals surface area (Å²) in [6.07, 6.45) is 1.21. The van der Waals surface area contributed by atoms with Crippen LogP contribution in [-0.4, -0.2) is 53.6 Å². The third kappa shape index (κ3) is 2.78. The van der Waals surface area contributed by atoms with Gasteiger partial charge < -0.3 is 30.0 Å². The molecule has 4 N–H and O–H groups in total. The first-order valence-corrected chi connectivity index (χ1v) is 10.6. The maximum atomic E-state index is 11.3. The van der Waals surface area contributed by atoms with Crippen LogP contribution in [0.15, 0.2) is 48.9 Å². The van der Waals surface area contributed by atoms with Crippen LogP contribution in [0.4, 0.5) is 5.82 Å². The molecule has 3 aromatic heterocycles. The zero-order chi connectivity index (χ0) is 22.0. The van der Waals surface area contributed by atoms with Crippen molar-refractivity contribution in [3.8, 4) is 5.75 Å². The minimum atomic E-state index is -1.41. The van der Waals surface area contributed by atoms with Gasteiger partial charge in [0.15, 0.2) is 6.23 Å². The lowest BCUT2D eigenvalue weighted by molar-refractivity contribution is -0.0791. The molecule has 1 unspecified atom stereocenters.